The molecule has 0 aliphatic carbocycles. The second kappa shape index (κ2) is 6.48. The maximum absolute atomic E-state index is 5.01. The molecule has 0 amide bonds. The minimum Gasteiger partial charge on any atom is -0.340 e. The molecule has 1 aliphatic heterocycles. The van der Waals surface area contributed by atoms with Crippen molar-refractivity contribution in [2.75, 3.05) is 19.6 Å². The van der Waals surface area contributed by atoms with Crippen molar-refractivity contribution in [1.29, 1.82) is 0 Å². The Balaban J connectivity index is 1.83. The van der Waals surface area contributed by atoms with Crippen LogP contribution in [0, 0.1) is 12.8 Å². The normalized spacial score (nSPS) is 25.1. The lowest BCUT2D eigenvalue weighted by Crippen LogP contribution is -2.56. The summed E-state index contributed by atoms with van der Waals surface area (Å²) in [6.07, 6.45) is 2.11. The van der Waals surface area contributed by atoms with Gasteiger partial charge in [0.1, 0.15) is 0 Å². The highest BCUT2D eigenvalue weighted by Crippen LogP contribution is 2.13. The molecule has 5 nitrogen and oxygen atoms in total. The van der Waals surface area contributed by atoms with Crippen molar-refractivity contribution in [2.24, 2.45) is 5.92 Å². The number of aromatic nitrogens is 2. The summed E-state index contributed by atoms with van der Waals surface area (Å²) in [5.74, 6) is 2.22. The number of nitrogens with zero attached hydrogens (tertiary/aromatic N) is 3. The van der Waals surface area contributed by atoms with E-state index in [-0.39, 0.29) is 0 Å². The Kier molecular flexibility index (Phi) is 4.93. The van der Waals surface area contributed by atoms with Gasteiger partial charge in [-0.05, 0) is 19.3 Å². The highest BCUT2D eigenvalue weighted by molar-refractivity contribution is 4.89. The van der Waals surface area contributed by atoms with E-state index in [2.05, 4.69) is 41.1 Å². The van der Waals surface area contributed by atoms with Crippen LogP contribution < -0.4 is 5.32 Å². The van der Waals surface area contributed by atoms with E-state index in [1.165, 1.54) is 6.42 Å². The summed E-state index contributed by atoms with van der Waals surface area (Å²) in [6.45, 7) is 11.9. The first-order chi connectivity index (χ1) is 9.04. The van der Waals surface area contributed by atoms with Crippen molar-refractivity contribution in [2.45, 2.75) is 52.6 Å². The number of hydrogen-bond donors (Lipinski definition) is 1. The van der Waals surface area contributed by atoms with E-state index in [1.54, 1.807) is 0 Å². The Morgan fingerprint density at radius 3 is 2.89 bits per heavy atom. The Morgan fingerprint density at radius 1 is 1.47 bits per heavy atom. The van der Waals surface area contributed by atoms with Crippen molar-refractivity contribution in [3.05, 3.63) is 11.7 Å². The Hall–Kier alpha value is -0.940. The molecule has 0 bridgehead atoms. The summed E-state index contributed by atoms with van der Waals surface area (Å²) in [5.41, 5.74) is 0. The number of piperazine rings is 1. The SMILES string of the molecule is Cc1nc(CCN2CC(CC(C)C)NCC2C)no1. The second-order valence-electron chi connectivity index (χ2n) is 6.06. The van der Waals surface area contributed by atoms with Crippen LogP contribution in [0.4, 0.5) is 0 Å². The van der Waals surface area contributed by atoms with Crippen molar-refractivity contribution >= 4 is 0 Å². The van der Waals surface area contributed by atoms with Gasteiger partial charge in [-0.2, -0.15) is 4.98 Å². The van der Waals surface area contributed by atoms with Gasteiger partial charge in [-0.1, -0.05) is 19.0 Å². The minimum atomic E-state index is 0.580. The molecule has 0 radical (unpaired) electrons. The Bertz CT molecular complexity index is 391. The number of nitrogens with one attached hydrogen (secondary N) is 1. The lowest BCUT2D eigenvalue weighted by Gasteiger charge is -2.39. The monoisotopic (exact) mass is 266 g/mol. The van der Waals surface area contributed by atoms with Gasteiger partial charge < -0.3 is 9.84 Å². The van der Waals surface area contributed by atoms with Gasteiger partial charge in [-0.25, -0.2) is 0 Å². The third-order valence-corrected chi connectivity index (χ3v) is 3.73. The smallest absolute Gasteiger partial charge is 0.223 e. The average molecular weight is 266 g/mol. The van der Waals surface area contributed by atoms with Crippen LogP contribution in [-0.2, 0) is 6.42 Å². The molecule has 2 unspecified atom stereocenters. The molecular weight excluding hydrogens is 240 g/mol. The highest BCUT2D eigenvalue weighted by atomic mass is 16.5. The predicted molar refractivity (Wildman–Crippen MR) is 75.0 cm³/mol. The predicted octanol–water partition coefficient (Wildman–Crippen LogP) is 1.63. The molecule has 1 fully saturated rings. The van der Waals surface area contributed by atoms with Crippen LogP contribution in [0.3, 0.4) is 0 Å². The first kappa shape index (κ1) is 14.5. The second-order valence-corrected chi connectivity index (χ2v) is 6.06. The van der Waals surface area contributed by atoms with Crippen molar-refractivity contribution in [1.82, 2.24) is 20.4 Å². The summed E-state index contributed by atoms with van der Waals surface area (Å²) in [7, 11) is 0. The quantitative estimate of drug-likeness (QED) is 0.878. The van der Waals surface area contributed by atoms with E-state index in [9.17, 15) is 0 Å². The third kappa shape index (κ3) is 4.28. The molecule has 1 aromatic heterocycles. The van der Waals surface area contributed by atoms with E-state index in [0.29, 0.717) is 18.0 Å². The van der Waals surface area contributed by atoms with Crippen molar-refractivity contribution in [3.8, 4) is 0 Å². The van der Waals surface area contributed by atoms with Crippen molar-refractivity contribution in [3.63, 3.8) is 0 Å². The molecule has 2 atom stereocenters. The van der Waals surface area contributed by atoms with Crippen LogP contribution in [0.15, 0.2) is 4.52 Å². The lowest BCUT2D eigenvalue weighted by molar-refractivity contribution is 0.132. The molecule has 19 heavy (non-hydrogen) atoms. The van der Waals surface area contributed by atoms with E-state index in [4.69, 9.17) is 4.52 Å². The molecule has 1 N–H and O–H groups in total. The van der Waals surface area contributed by atoms with Crippen LogP contribution in [0.2, 0.25) is 0 Å². The molecule has 0 spiro atoms. The van der Waals surface area contributed by atoms with Crippen LogP contribution in [-0.4, -0.2) is 46.8 Å². The molecule has 2 rings (SSSR count). The number of hydrogen-bond acceptors (Lipinski definition) is 5. The van der Waals surface area contributed by atoms with Crippen LogP contribution in [0.5, 0.6) is 0 Å². The number of rotatable bonds is 5. The highest BCUT2D eigenvalue weighted by Gasteiger charge is 2.25. The van der Waals surface area contributed by atoms with Gasteiger partial charge in [0.2, 0.25) is 5.89 Å². The zero-order valence-electron chi connectivity index (χ0n) is 12.5. The third-order valence-electron chi connectivity index (χ3n) is 3.73. The standard InChI is InChI=1S/C14H26N4O/c1-10(2)7-13-9-18(11(3)8-15-13)6-5-14-16-12(4)19-17-14/h10-11,13,15H,5-9H2,1-4H3. The maximum Gasteiger partial charge on any atom is 0.223 e. The molecule has 1 saturated heterocycles. The molecular formula is C14H26N4O. The maximum atomic E-state index is 5.01. The topological polar surface area (TPSA) is 54.2 Å². The zero-order chi connectivity index (χ0) is 13.8. The van der Waals surface area contributed by atoms with Crippen molar-refractivity contribution < 1.29 is 4.52 Å². The van der Waals surface area contributed by atoms with E-state index < -0.39 is 0 Å². The largest absolute Gasteiger partial charge is 0.340 e. The average Bonchev–Trinajstić information content (AvgIpc) is 2.75. The number of aryl methyl sites for hydroxylation is 1. The van der Waals surface area contributed by atoms with E-state index in [0.717, 1.165) is 37.8 Å². The summed E-state index contributed by atoms with van der Waals surface area (Å²) in [4.78, 5) is 6.80. The fourth-order valence-corrected chi connectivity index (χ4v) is 2.72. The first-order valence-corrected chi connectivity index (χ1v) is 7.31. The summed E-state index contributed by atoms with van der Waals surface area (Å²) < 4.78 is 5.01. The van der Waals surface area contributed by atoms with Gasteiger partial charge in [-0.3, -0.25) is 4.90 Å². The summed E-state index contributed by atoms with van der Waals surface area (Å²) in [5, 5.41) is 7.61. The summed E-state index contributed by atoms with van der Waals surface area (Å²) >= 11 is 0. The van der Waals surface area contributed by atoms with Gasteiger partial charge >= 0.3 is 0 Å². The molecule has 0 saturated carbocycles. The Labute approximate surface area is 115 Å². The fourth-order valence-electron chi connectivity index (χ4n) is 2.72. The van der Waals surface area contributed by atoms with Gasteiger partial charge in [0, 0.05) is 45.1 Å². The molecule has 5 heteroatoms. The molecule has 1 aliphatic rings. The van der Waals surface area contributed by atoms with Crippen LogP contribution in [0.1, 0.15) is 38.9 Å². The van der Waals surface area contributed by atoms with Crippen LogP contribution >= 0.6 is 0 Å². The minimum absolute atomic E-state index is 0.580. The van der Waals surface area contributed by atoms with Crippen LogP contribution in [0.25, 0.3) is 0 Å². The molecule has 1 aromatic rings. The van der Waals surface area contributed by atoms with E-state index >= 15 is 0 Å². The lowest BCUT2D eigenvalue weighted by atomic mass is 10.00. The van der Waals surface area contributed by atoms with Gasteiger partial charge in [0.05, 0.1) is 0 Å². The zero-order valence-corrected chi connectivity index (χ0v) is 12.5. The van der Waals surface area contributed by atoms with Gasteiger partial charge in [-0.15, -0.1) is 0 Å². The summed E-state index contributed by atoms with van der Waals surface area (Å²) in [6, 6.07) is 1.19. The van der Waals surface area contributed by atoms with Gasteiger partial charge in [0.25, 0.3) is 0 Å². The van der Waals surface area contributed by atoms with E-state index in [1.807, 2.05) is 6.92 Å². The molecule has 2 heterocycles. The Morgan fingerprint density at radius 2 is 2.26 bits per heavy atom. The fraction of sp³-hybridized carbons (Fsp3) is 0.857. The van der Waals surface area contributed by atoms with Gasteiger partial charge in [0.15, 0.2) is 5.82 Å². The first-order valence-electron chi connectivity index (χ1n) is 7.31. The molecule has 108 valence electrons. The molecule has 0 aromatic carbocycles.